The molecule has 2 aromatic carbocycles. The maximum Gasteiger partial charge on any atom is 0.490 e. The van der Waals surface area contributed by atoms with Gasteiger partial charge in [0, 0.05) is 24.2 Å². The molecule has 1 aliphatic rings. The van der Waals surface area contributed by atoms with Gasteiger partial charge in [-0.1, -0.05) is 36.4 Å². The van der Waals surface area contributed by atoms with Crippen LogP contribution in [0, 0.1) is 11.7 Å². The zero-order valence-corrected chi connectivity index (χ0v) is 16.7. The summed E-state index contributed by atoms with van der Waals surface area (Å²) in [5.74, 6) is -2.62. The monoisotopic (exact) mass is 440 g/mol. The molecule has 1 fully saturated rings. The average molecular weight is 440 g/mol. The van der Waals surface area contributed by atoms with Gasteiger partial charge in [-0.2, -0.15) is 13.2 Å². The summed E-state index contributed by atoms with van der Waals surface area (Å²) < 4.78 is 45.9. The fraction of sp³-hybridized carbons (Fsp3) is 0.364. The van der Waals surface area contributed by atoms with Crippen molar-refractivity contribution in [1.82, 2.24) is 4.90 Å². The first kappa shape index (κ1) is 24.3. The number of carbonyl (C=O) groups excluding carboxylic acids is 1. The van der Waals surface area contributed by atoms with Crippen LogP contribution in [-0.2, 0) is 4.79 Å². The highest BCUT2D eigenvalue weighted by Gasteiger charge is 2.38. The molecule has 0 aliphatic carbocycles. The minimum absolute atomic E-state index is 0.0180. The summed E-state index contributed by atoms with van der Waals surface area (Å²) >= 11 is 0. The Morgan fingerprint density at radius 3 is 2.23 bits per heavy atom. The highest BCUT2D eigenvalue weighted by molar-refractivity contribution is 6.01. The number of nitrogens with zero attached hydrogens (tertiary/aromatic N) is 1. The van der Waals surface area contributed by atoms with Crippen LogP contribution < -0.4 is 5.73 Å². The van der Waals surface area contributed by atoms with E-state index in [9.17, 15) is 22.4 Å². The van der Waals surface area contributed by atoms with Crippen molar-refractivity contribution in [2.45, 2.75) is 25.4 Å². The molecule has 1 amide bonds. The Bertz CT molecular complexity index is 900. The number of alkyl halides is 3. The van der Waals surface area contributed by atoms with Gasteiger partial charge < -0.3 is 15.7 Å². The molecular formula is C22H24F4N2O3. The quantitative estimate of drug-likeness (QED) is 0.694. The Labute approximate surface area is 177 Å². The number of halogens is 4. The second kappa shape index (κ2) is 10.9. The molecule has 2 aromatic rings. The molecule has 0 saturated carbocycles. The molecule has 5 nitrogen and oxygen atoms in total. The van der Waals surface area contributed by atoms with Crippen molar-refractivity contribution in [3.63, 3.8) is 0 Å². The maximum atomic E-state index is 14.2. The van der Waals surface area contributed by atoms with Crippen LogP contribution in [0.3, 0.4) is 0 Å². The zero-order chi connectivity index (χ0) is 23.0. The molecule has 3 N–H and O–H groups in total. The number of nitrogens with two attached hydrogens (primary N) is 1. The third kappa shape index (κ3) is 6.78. The maximum absolute atomic E-state index is 14.2. The van der Waals surface area contributed by atoms with Gasteiger partial charge in [-0.25, -0.2) is 9.18 Å². The van der Waals surface area contributed by atoms with Gasteiger partial charge in [0.1, 0.15) is 5.82 Å². The highest BCUT2D eigenvalue weighted by atomic mass is 19.4. The van der Waals surface area contributed by atoms with E-state index in [-0.39, 0.29) is 11.7 Å². The molecule has 9 heteroatoms. The number of benzene rings is 2. The van der Waals surface area contributed by atoms with Crippen LogP contribution in [0.5, 0.6) is 0 Å². The van der Waals surface area contributed by atoms with Gasteiger partial charge in [0.25, 0.3) is 5.91 Å². The smallest absolute Gasteiger partial charge is 0.475 e. The van der Waals surface area contributed by atoms with Crippen LogP contribution >= 0.6 is 0 Å². The topological polar surface area (TPSA) is 83.6 Å². The molecule has 1 atom stereocenters. The molecule has 1 heterocycles. The lowest BCUT2D eigenvalue weighted by Gasteiger charge is -2.33. The van der Waals surface area contributed by atoms with Gasteiger partial charge in [0.05, 0.1) is 0 Å². The summed E-state index contributed by atoms with van der Waals surface area (Å²) in [5, 5.41) is 7.12. The van der Waals surface area contributed by atoms with Crippen LogP contribution in [0.15, 0.2) is 48.5 Å². The standard InChI is InChI=1S/C20H23FN2O.C2HF3O2/c21-19-10-4-3-8-17(19)16-7-1-2-9-18(16)20(24)23-13-5-6-15(14-23)11-12-22;3-2(4,5)1(6)7/h1-4,7-10,15H,5-6,11-14,22H2;(H,6,7). The van der Waals surface area contributed by atoms with Crippen molar-refractivity contribution < 1.29 is 32.3 Å². The largest absolute Gasteiger partial charge is 0.490 e. The Morgan fingerprint density at radius 1 is 1.06 bits per heavy atom. The summed E-state index contributed by atoms with van der Waals surface area (Å²) in [7, 11) is 0. The molecular weight excluding hydrogens is 416 g/mol. The first-order valence-corrected chi connectivity index (χ1v) is 9.78. The van der Waals surface area contributed by atoms with E-state index in [1.807, 2.05) is 23.1 Å². The summed E-state index contributed by atoms with van der Waals surface area (Å²) in [6.45, 7) is 2.14. The van der Waals surface area contributed by atoms with Crippen LogP contribution in [0.1, 0.15) is 29.6 Å². The predicted molar refractivity (Wildman–Crippen MR) is 108 cm³/mol. The lowest BCUT2D eigenvalue weighted by molar-refractivity contribution is -0.192. The van der Waals surface area contributed by atoms with Gasteiger partial charge in [0.15, 0.2) is 0 Å². The SMILES string of the molecule is NCCC1CCCN(C(=O)c2ccccc2-c2ccccc2F)C1.O=C(O)C(F)(F)F. The number of hydrogen-bond acceptors (Lipinski definition) is 3. The molecule has 3 rings (SSSR count). The van der Waals surface area contributed by atoms with Gasteiger partial charge in [-0.3, -0.25) is 4.79 Å². The molecule has 0 spiro atoms. The summed E-state index contributed by atoms with van der Waals surface area (Å²) in [6.07, 6.45) is -2.02. The molecule has 0 aromatic heterocycles. The number of carboxylic acid groups (broad SMARTS) is 1. The average Bonchev–Trinajstić information content (AvgIpc) is 2.74. The molecule has 168 valence electrons. The first-order chi connectivity index (χ1) is 14.6. The van der Waals surface area contributed by atoms with E-state index in [2.05, 4.69) is 0 Å². The fourth-order valence-corrected chi connectivity index (χ4v) is 3.48. The summed E-state index contributed by atoms with van der Waals surface area (Å²) in [6, 6.07) is 13.9. The Kier molecular flexibility index (Phi) is 8.56. The van der Waals surface area contributed by atoms with Gasteiger partial charge in [0.2, 0.25) is 0 Å². The number of aliphatic carboxylic acids is 1. The third-order valence-corrected chi connectivity index (χ3v) is 4.95. The zero-order valence-electron chi connectivity index (χ0n) is 16.7. The Morgan fingerprint density at radius 2 is 1.65 bits per heavy atom. The van der Waals surface area contributed by atoms with Gasteiger partial charge in [-0.15, -0.1) is 0 Å². The second-order valence-electron chi connectivity index (χ2n) is 7.17. The number of likely N-dealkylation sites (tertiary alicyclic amines) is 1. The number of amides is 1. The van der Waals surface area contributed by atoms with E-state index in [0.29, 0.717) is 29.2 Å². The third-order valence-electron chi connectivity index (χ3n) is 4.95. The Balaban J connectivity index is 0.000000423. The molecule has 1 aliphatic heterocycles. The van der Waals surface area contributed by atoms with Crippen LogP contribution in [0.4, 0.5) is 17.6 Å². The molecule has 31 heavy (non-hydrogen) atoms. The van der Waals surface area contributed by atoms with Crippen molar-refractivity contribution in [2.24, 2.45) is 11.7 Å². The lowest BCUT2D eigenvalue weighted by Crippen LogP contribution is -2.40. The summed E-state index contributed by atoms with van der Waals surface area (Å²) in [4.78, 5) is 23.8. The highest BCUT2D eigenvalue weighted by Crippen LogP contribution is 2.29. The summed E-state index contributed by atoms with van der Waals surface area (Å²) in [5.41, 5.74) is 7.35. The Hall–Kier alpha value is -2.94. The number of carbonyl (C=O) groups is 2. The number of carboxylic acids is 1. The van der Waals surface area contributed by atoms with Gasteiger partial charge in [-0.05, 0) is 49.4 Å². The molecule has 0 radical (unpaired) electrons. The van der Waals surface area contributed by atoms with E-state index in [0.717, 1.165) is 32.4 Å². The van der Waals surface area contributed by atoms with E-state index >= 15 is 0 Å². The minimum Gasteiger partial charge on any atom is -0.475 e. The minimum atomic E-state index is -5.08. The van der Waals surface area contributed by atoms with Crippen LogP contribution in [0.25, 0.3) is 11.1 Å². The van der Waals surface area contributed by atoms with Crippen molar-refractivity contribution in [3.8, 4) is 11.1 Å². The molecule has 1 saturated heterocycles. The van der Waals surface area contributed by atoms with Crippen LogP contribution in [-0.4, -0.2) is 47.7 Å². The van der Waals surface area contributed by atoms with Crippen molar-refractivity contribution in [3.05, 3.63) is 59.9 Å². The van der Waals surface area contributed by atoms with E-state index in [1.54, 1.807) is 24.3 Å². The normalized spacial score (nSPS) is 16.3. The first-order valence-electron chi connectivity index (χ1n) is 9.78. The van der Waals surface area contributed by atoms with E-state index in [4.69, 9.17) is 15.6 Å². The van der Waals surface area contributed by atoms with E-state index < -0.39 is 12.1 Å². The van der Waals surface area contributed by atoms with Gasteiger partial charge >= 0.3 is 12.1 Å². The van der Waals surface area contributed by atoms with Crippen molar-refractivity contribution in [1.29, 1.82) is 0 Å². The number of hydrogen-bond donors (Lipinski definition) is 2. The second-order valence-corrected chi connectivity index (χ2v) is 7.17. The fourth-order valence-electron chi connectivity index (χ4n) is 3.48. The van der Waals surface area contributed by atoms with Crippen molar-refractivity contribution >= 4 is 11.9 Å². The number of piperidine rings is 1. The molecule has 0 bridgehead atoms. The lowest BCUT2D eigenvalue weighted by atomic mass is 9.93. The van der Waals surface area contributed by atoms with Crippen LogP contribution in [0.2, 0.25) is 0 Å². The van der Waals surface area contributed by atoms with Crippen molar-refractivity contribution in [2.75, 3.05) is 19.6 Å². The molecule has 1 unspecified atom stereocenters. The van der Waals surface area contributed by atoms with E-state index in [1.165, 1.54) is 6.07 Å². The predicted octanol–water partition coefficient (Wildman–Crippen LogP) is 4.33. The number of rotatable bonds is 4.